The molecule has 0 bridgehead atoms. The highest BCUT2D eigenvalue weighted by Crippen LogP contribution is 2.14. The van der Waals surface area contributed by atoms with Gasteiger partial charge < -0.3 is 15.1 Å². The van der Waals surface area contributed by atoms with Gasteiger partial charge in [-0.1, -0.05) is 29.8 Å². The molecule has 0 atom stereocenters. The molecule has 2 amide bonds. The summed E-state index contributed by atoms with van der Waals surface area (Å²) in [6.45, 7) is 4.41. The molecule has 1 saturated heterocycles. The molecule has 0 saturated carbocycles. The fourth-order valence-electron chi connectivity index (χ4n) is 2.84. The molecule has 1 aliphatic rings. The van der Waals surface area contributed by atoms with Crippen molar-refractivity contribution >= 4 is 11.8 Å². The van der Waals surface area contributed by atoms with E-state index in [-0.39, 0.29) is 11.8 Å². The molecule has 0 aliphatic carbocycles. The smallest absolute Gasteiger partial charge is 0.317 e. The third kappa shape index (κ3) is 5.06. The maximum absolute atomic E-state index is 12.2. The molecule has 1 N–H and O–H groups in total. The van der Waals surface area contributed by atoms with Gasteiger partial charge in [-0.05, 0) is 39.9 Å². The molecule has 0 spiro atoms. The second kappa shape index (κ2) is 8.11. The summed E-state index contributed by atoms with van der Waals surface area (Å²) in [5.41, 5.74) is 1.84. The summed E-state index contributed by atoms with van der Waals surface area (Å²) in [6, 6.07) is 7.74. The Labute approximate surface area is 138 Å². The number of Topliss-reactive ketones (excluding diaryl/α,β-unsaturated/α-hetero) is 1. The number of likely N-dealkylation sites (tertiary alicyclic amines) is 1. The number of ketones is 1. The number of nitrogens with zero attached hydrogens (tertiary/aromatic N) is 2. The molecular formula is C18H27N3O2. The van der Waals surface area contributed by atoms with Crippen molar-refractivity contribution in [2.24, 2.45) is 0 Å². The molecule has 1 aromatic rings. The minimum absolute atomic E-state index is 0.0623. The molecule has 1 aliphatic heterocycles. The third-order valence-electron chi connectivity index (χ3n) is 4.56. The monoisotopic (exact) mass is 317 g/mol. The lowest BCUT2D eigenvalue weighted by Crippen LogP contribution is -2.48. The minimum Gasteiger partial charge on any atom is -0.338 e. The molecule has 1 aromatic carbocycles. The van der Waals surface area contributed by atoms with Gasteiger partial charge in [0.05, 0.1) is 0 Å². The zero-order valence-corrected chi connectivity index (χ0v) is 14.3. The first-order valence-electron chi connectivity index (χ1n) is 8.26. The number of amides is 2. The number of aryl methyl sites for hydroxylation is 1. The Bertz CT molecular complexity index is 534. The zero-order valence-electron chi connectivity index (χ0n) is 14.3. The third-order valence-corrected chi connectivity index (χ3v) is 4.56. The van der Waals surface area contributed by atoms with E-state index < -0.39 is 0 Å². The number of carbonyl (C=O) groups is 2. The van der Waals surface area contributed by atoms with E-state index in [1.165, 1.54) is 0 Å². The summed E-state index contributed by atoms with van der Waals surface area (Å²) >= 11 is 0. The quantitative estimate of drug-likeness (QED) is 0.848. The number of nitrogens with one attached hydrogen (secondary N) is 1. The van der Waals surface area contributed by atoms with Crippen molar-refractivity contribution in [3.8, 4) is 0 Å². The Morgan fingerprint density at radius 1 is 1.22 bits per heavy atom. The van der Waals surface area contributed by atoms with Crippen molar-refractivity contribution in [1.29, 1.82) is 0 Å². The van der Waals surface area contributed by atoms with Crippen LogP contribution in [0.1, 0.15) is 35.2 Å². The number of rotatable bonds is 5. The highest BCUT2D eigenvalue weighted by Gasteiger charge is 2.23. The summed E-state index contributed by atoms with van der Waals surface area (Å²) in [5.74, 6) is 0.0623. The van der Waals surface area contributed by atoms with E-state index in [1.807, 2.05) is 38.2 Å². The second-order valence-corrected chi connectivity index (χ2v) is 6.42. The summed E-state index contributed by atoms with van der Waals surface area (Å²) in [6.07, 6.45) is 2.33. The zero-order chi connectivity index (χ0) is 16.8. The maximum atomic E-state index is 12.2. The fraction of sp³-hybridized carbons (Fsp3) is 0.556. The molecule has 0 unspecified atom stereocenters. The number of urea groups is 1. The van der Waals surface area contributed by atoms with Crippen LogP contribution in [0.15, 0.2) is 24.3 Å². The van der Waals surface area contributed by atoms with Gasteiger partial charge in [0.2, 0.25) is 0 Å². The van der Waals surface area contributed by atoms with Crippen molar-refractivity contribution in [2.45, 2.75) is 32.2 Å². The van der Waals surface area contributed by atoms with Crippen LogP contribution in [0.25, 0.3) is 0 Å². The molecule has 1 heterocycles. The van der Waals surface area contributed by atoms with Gasteiger partial charge in [-0.15, -0.1) is 0 Å². The Hall–Kier alpha value is -1.88. The molecule has 0 aromatic heterocycles. The van der Waals surface area contributed by atoms with Crippen molar-refractivity contribution in [2.75, 3.05) is 33.7 Å². The van der Waals surface area contributed by atoms with Gasteiger partial charge in [0, 0.05) is 31.6 Å². The van der Waals surface area contributed by atoms with Crippen molar-refractivity contribution < 1.29 is 9.59 Å². The van der Waals surface area contributed by atoms with E-state index in [0.29, 0.717) is 24.6 Å². The highest BCUT2D eigenvalue weighted by atomic mass is 16.2. The molecule has 0 radical (unpaired) electrons. The van der Waals surface area contributed by atoms with E-state index in [0.717, 1.165) is 31.5 Å². The van der Waals surface area contributed by atoms with Crippen LogP contribution in [-0.2, 0) is 0 Å². The van der Waals surface area contributed by atoms with Crippen LogP contribution in [0.2, 0.25) is 0 Å². The standard InChI is InChI=1S/C18H27N3O2/c1-14-4-6-15(7-5-14)17(22)8-11-19-18(23)21(3)16-9-12-20(2)13-10-16/h4-7,16H,8-13H2,1-3H3,(H,19,23). The van der Waals surface area contributed by atoms with Crippen LogP contribution in [0.5, 0.6) is 0 Å². The summed E-state index contributed by atoms with van der Waals surface area (Å²) in [7, 11) is 3.94. The van der Waals surface area contributed by atoms with Crippen LogP contribution in [0, 0.1) is 6.92 Å². The second-order valence-electron chi connectivity index (χ2n) is 6.42. The van der Waals surface area contributed by atoms with Crippen LogP contribution in [-0.4, -0.2) is 61.4 Å². The van der Waals surface area contributed by atoms with Gasteiger partial charge in [0.15, 0.2) is 5.78 Å². The molecule has 5 nitrogen and oxygen atoms in total. The molecule has 5 heteroatoms. The Kier molecular flexibility index (Phi) is 6.16. The van der Waals surface area contributed by atoms with E-state index in [4.69, 9.17) is 0 Å². The highest BCUT2D eigenvalue weighted by molar-refractivity contribution is 5.96. The van der Waals surface area contributed by atoms with Gasteiger partial charge in [0.25, 0.3) is 0 Å². The molecule has 23 heavy (non-hydrogen) atoms. The number of benzene rings is 1. The maximum Gasteiger partial charge on any atom is 0.317 e. The largest absolute Gasteiger partial charge is 0.338 e. The summed E-state index contributed by atoms with van der Waals surface area (Å²) in [4.78, 5) is 28.3. The predicted molar refractivity (Wildman–Crippen MR) is 91.8 cm³/mol. The van der Waals surface area contributed by atoms with Gasteiger partial charge in [-0.2, -0.15) is 0 Å². The van der Waals surface area contributed by atoms with Gasteiger partial charge >= 0.3 is 6.03 Å². The average Bonchev–Trinajstić information content (AvgIpc) is 2.55. The molecule has 1 fully saturated rings. The summed E-state index contributed by atoms with van der Waals surface area (Å²) in [5, 5.41) is 2.86. The number of piperidine rings is 1. The lowest BCUT2D eigenvalue weighted by Gasteiger charge is -2.35. The lowest BCUT2D eigenvalue weighted by atomic mass is 10.0. The van der Waals surface area contributed by atoms with E-state index in [2.05, 4.69) is 17.3 Å². The Balaban J connectivity index is 1.73. The SMILES string of the molecule is Cc1ccc(C(=O)CCNC(=O)N(C)C2CCN(C)CC2)cc1. The molecule has 2 rings (SSSR count). The van der Waals surface area contributed by atoms with E-state index in [9.17, 15) is 9.59 Å². The summed E-state index contributed by atoms with van der Waals surface area (Å²) < 4.78 is 0. The first-order valence-corrected chi connectivity index (χ1v) is 8.26. The van der Waals surface area contributed by atoms with Crippen molar-refractivity contribution in [3.63, 3.8) is 0 Å². The number of hydrogen-bond acceptors (Lipinski definition) is 3. The number of carbonyl (C=O) groups excluding carboxylic acids is 2. The normalized spacial score (nSPS) is 16.1. The van der Waals surface area contributed by atoms with Crippen molar-refractivity contribution in [1.82, 2.24) is 15.1 Å². The van der Waals surface area contributed by atoms with Crippen LogP contribution in [0.4, 0.5) is 4.79 Å². The fourth-order valence-corrected chi connectivity index (χ4v) is 2.84. The topological polar surface area (TPSA) is 52.7 Å². The van der Waals surface area contributed by atoms with E-state index in [1.54, 1.807) is 4.90 Å². The lowest BCUT2D eigenvalue weighted by molar-refractivity contribution is 0.0982. The van der Waals surface area contributed by atoms with Gasteiger partial charge in [0.1, 0.15) is 0 Å². The number of hydrogen-bond donors (Lipinski definition) is 1. The van der Waals surface area contributed by atoms with Gasteiger partial charge in [-0.25, -0.2) is 4.79 Å². The Morgan fingerprint density at radius 2 is 1.83 bits per heavy atom. The molecular weight excluding hydrogens is 290 g/mol. The predicted octanol–water partition coefficient (Wildman–Crippen LogP) is 2.30. The average molecular weight is 317 g/mol. The van der Waals surface area contributed by atoms with Gasteiger partial charge in [-0.3, -0.25) is 4.79 Å². The van der Waals surface area contributed by atoms with E-state index >= 15 is 0 Å². The first kappa shape index (κ1) is 17.5. The first-order chi connectivity index (χ1) is 11.0. The minimum atomic E-state index is -0.0868. The Morgan fingerprint density at radius 3 is 2.43 bits per heavy atom. The van der Waals surface area contributed by atoms with Crippen LogP contribution < -0.4 is 5.32 Å². The molecule has 126 valence electrons. The van der Waals surface area contributed by atoms with Crippen LogP contribution >= 0.6 is 0 Å². The van der Waals surface area contributed by atoms with Crippen molar-refractivity contribution in [3.05, 3.63) is 35.4 Å². The van der Waals surface area contributed by atoms with Crippen LogP contribution in [0.3, 0.4) is 0 Å².